The summed E-state index contributed by atoms with van der Waals surface area (Å²) >= 11 is 5.30. The molecule has 0 spiro atoms. The van der Waals surface area contributed by atoms with Crippen LogP contribution in [0.3, 0.4) is 0 Å². The first kappa shape index (κ1) is 19.9. The average molecular weight is 380 g/mol. The first-order valence-corrected chi connectivity index (χ1v) is 8.53. The zero-order valence-electron chi connectivity index (χ0n) is 14.9. The molecule has 26 heavy (non-hydrogen) atoms. The molecule has 7 heteroatoms. The highest BCUT2D eigenvalue weighted by Gasteiger charge is 2.11. The minimum atomic E-state index is -2.88. The van der Waals surface area contributed by atoms with Gasteiger partial charge in [-0.3, -0.25) is 0 Å². The number of benzene rings is 2. The van der Waals surface area contributed by atoms with Crippen molar-refractivity contribution in [1.29, 1.82) is 0 Å². The molecular formula is C19H22F2N2O2S. The van der Waals surface area contributed by atoms with Gasteiger partial charge in [-0.2, -0.15) is 8.78 Å². The van der Waals surface area contributed by atoms with Gasteiger partial charge in [-0.05, 0) is 73.4 Å². The van der Waals surface area contributed by atoms with Crippen LogP contribution in [-0.2, 0) is 6.42 Å². The summed E-state index contributed by atoms with van der Waals surface area (Å²) in [7, 11) is 1.42. The Morgan fingerprint density at radius 3 is 2.38 bits per heavy atom. The summed E-state index contributed by atoms with van der Waals surface area (Å²) in [5, 5.41) is 6.81. The van der Waals surface area contributed by atoms with Crippen LogP contribution in [0.15, 0.2) is 36.4 Å². The van der Waals surface area contributed by atoms with E-state index in [1.165, 1.54) is 13.2 Å². The topological polar surface area (TPSA) is 42.5 Å². The quantitative estimate of drug-likeness (QED) is 0.695. The predicted octanol–water partition coefficient (Wildman–Crippen LogP) is 4.44. The van der Waals surface area contributed by atoms with E-state index in [2.05, 4.69) is 21.4 Å². The molecule has 0 aliphatic carbocycles. The Balaban J connectivity index is 1.87. The van der Waals surface area contributed by atoms with E-state index in [1.54, 1.807) is 12.1 Å². The molecule has 140 valence electrons. The van der Waals surface area contributed by atoms with Crippen LogP contribution < -0.4 is 20.1 Å². The Morgan fingerprint density at radius 1 is 1.08 bits per heavy atom. The van der Waals surface area contributed by atoms with Crippen molar-refractivity contribution in [3.8, 4) is 11.5 Å². The van der Waals surface area contributed by atoms with E-state index in [9.17, 15) is 8.78 Å². The molecule has 2 rings (SSSR count). The van der Waals surface area contributed by atoms with Crippen LogP contribution in [0.1, 0.15) is 16.7 Å². The molecular weight excluding hydrogens is 358 g/mol. The van der Waals surface area contributed by atoms with Gasteiger partial charge in [-0.25, -0.2) is 0 Å². The summed E-state index contributed by atoms with van der Waals surface area (Å²) in [5.41, 5.74) is 4.18. The van der Waals surface area contributed by atoms with Crippen LogP contribution in [0.25, 0.3) is 0 Å². The molecule has 0 radical (unpaired) electrons. The van der Waals surface area contributed by atoms with Crippen molar-refractivity contribution in [2.75, 3.05) is 19.0 Å². The van der Waals surface area contributed by atoms with Gasteiger partial charge in [0.1, 0.15) is 0 Å². The van der Waals surface area contributed by atoms with Crippen LogP contribution in [0.5, 0.6) is 11.5 Å². The van der Waals surface area contributed by atoms with Crippen molar-refractivity contribution in [3.63, 3.8) is 0 Å². The summed E-state index contributed by atoms with van der Waals surface area (Å²) in [4.78, 5) is 0. The van der Waals surface area contributed by atoms with Crippen molar-refractivity contribution in [1.82, 2.24) is 5.32 Å². The lowest BCUT2D eigenvalue weighted by Crippen LogP contribution is -2.30. The largest absolute Gasteiger partial charge is 0.493 e. The fourth-order valence-corrected chi connectivity index (χ4v) is 2.82. The van der Waals surface area contributed by atoms with Crippen LogP contribution in [0.4, 0.5) is 14.5 Å². The molecule has 0 amide bonds. The highest BCUT2D eigenvalue weighted by molar-refractivity contribution is 7.80. The summed E-state index contributed by atoms with van der Waals surface area (Å²) in [6.07, 6.45) is 0.653. The number of aryl methyl sites for hydroxylation is 2. The number of rotatable bonds is 7. The Morgan fingerprint density at radius 2 is 1.77 bits per heavy atom. The number of methoxy groups -OCH3 is 1. The molecule has 2 aromatic carbocycles. The molecule has 0 saturated heterocycles. The van der Waals surface area contributed by atoms with Gasteiger partial charge in [0.15, 0.2) is 16.6 Å². The smallest absolute Gasteiger partial charge is 0.387 e. The number of hydrogen-bond donors (Lipinski definition) is 2. The molecule has 0 saturated carbocycles. The minimum absolute atomic E-state index is 0.0196. The maximum Gasteiger partial charge on any atom is 0.387 e. The Kier molecular flexibility index (Phi) is 7.15. The highest BCUT2D eigenvalue weighted by Crippen LogP contribution is 2.29. The van der Waals surface area contributed by atoms with Gasteiger partial charge < -0.3 is 20.1 Å². The maximum atomic E-state index is 12.3. The zero-order chi connectivity index (χ0) is 19.1. The molecule has 4 nitrogen and oxygen atoms in total. The monoisotopic (exact) mass is 380 g/mol. The molecule has 0 unspecified atom stereocenters. The third kappa shape index (κ3) is 6.15. The standard InChI is InChI=1S/C19H22F2N2O2S/c1-12-8-13(2)10-15(9-12)23-19(26)22-7-6-14-4-5-16(25-18(20)21)17(11-14)24-3/h4-5,8-11,18H,6-7H2,1-3H3,(H2,22,23,26). The number of alkyl halides is 2. The maximum absolute atomic E-state index is 12.3. The normalized spacial score (nSPS) is 10.5. The third-order valence-corrected chi connectivity index (χ3v) is 3.87. The summed E-state index contributed by atoms with van der Waals surface area (Å²) in [6.45, 7) is 1.77. The fourth-order valence-electron chi connectivity index (χ4n) is 2.60. The lowest BCUT2D eigenvalue weighted by molar-refractivity contribution is -0.0512. The number of hydrogen-bond acceptors (Lipinski definition) is 3. The van der Waals surface area contributed by atoms with Crippen molar-refractivity contribution in [2.45, 2.75) is 26.9 Å². The SMILES string of the molecule is COc1cc(CCNC(=S)Nc2cc(C)cc(C)c2)ccc1OC(F)F. The molecule has 0 bridgehead atoms. The summed E-state index contributed by atoms with van der Waals surface area (Å²) < 4.78 is 34.2. The molecule has 0 atom stereocenters. The van der Waals surface area contributed by atoms with Crippen LogP contribution in [-0.4, -0.2) is 25.4 Å². The van der Waals surface area contributed by atoms with E-state index >= 15 is 0 Å². The number of thiocarbonyl (C=S) groups is 1. The molecule has 2 N–H and O–H groups in total. The number of ether oxygens (including phenoxy) is 2. The van der Waals surface area contributed by atoms with E-state index in [-0.39, 0.29) is 11.5 Å². The molecule has 0 fully saturated rings. The zero-order valence-corrected chi connectivity index (χ0v) is 15.8. The number of anilines is 1. The fraction of sp³-hybridized carbons (Fsp3) is 0.316. The second kappa shape index (κ2) is 9.33. The van der Waals surface area contributed by atoms with Gasteiger partial charge in [0.25, 0.3) is 0 Å². The van der Waals surface area contributed by atoms with E-state index in [1.807, 2.05) is 26.0 Å². The second-order valence-electron chi connectivity index (χ2n) is 5.87. The van der Waals surface area contributed by atoms with Gasteiger partial charge in [0, 0.05) is 12.2 Å². The summed E-state index contributed by atoms with van der Waals surface area (Å²) in [5.74, 6) is 0.296. The Labute approximate surface area is 157 Å². The van der Waals surface area contributed by atoms with Crippen LogP contribution >= 0.6 is 12.2 Å². The van der Waals surface area contributed by atoms with Crippen molar-refractivity contribution in [3.05, 3.63) is 53.1 Å². The number of halogens is 2. The first-order valence-electron chi connectivity index (χ1n) is 8.12. The molecule has 2 aromatic rings. The number of nitrogens with one attached hydrogen (secondary N) is 2. The Bertz CT molecular complexity index is 749. The summed E-state index contributed by atoms with van der Waals surface area (Å²) in [6, 6.07) is 11.0. The van der Waals surface area contributed by atoms with Crippen molar-refractivity contribution in [2.24, 2.45) is 0 Å². The van der Waals surface area contributed by atoms with E-state index in [0.29, 0.717) is 18.1 Å². The first-order chi connectivity index (χ1) is 12.4. The van der Waals surface area contributed by atoms with E-state index in [0.717, 1.165) is 22.4 Å². The van der Waals surface area contributed by atoms with Gasteiger partial charge in [0.05, 0.1) is 7.11 Å². The minimum Gasteiger partial charge on any atom is -0.493 e. The van der Waals surface area contributed by atoms with Gasteiger partial charge >= 0.3 is 6.61 Å². The van der Waals surface area contributed by atoms with Crippen LogP contribution in [0.2, 0.25) is 0 Å². The third-order valence-electron chi connectivity index (χ3n) is 3.62. The molecule has 0 aromatic heterocycles. The second-order valence-corrected chi connectivity index (χ2v) is 6.28. The highest BCUT2D eigenvalue weighted by atomic mass is 32.1. The molecule has 0 aliphatic heterocycles. The van der Waals surface area contributed by atoms with Gasteiger partial charge in [0.2, 0.25) is 0 Å². The van der Waals surface area contributed by atoms with Gasteiger partial charge in [-0.15, -0.1) is 0 Å². The lowest BCUT2D eigenvalue weighted by atomic mass is 10.1. The van der Waals surface area contributed by atoms with E-state index < -0.39 is 6.61 Å². The van der Waals surface area contributed by atoms with Crippen molar-refractivity contribution < 1.29 is 18.3 Å². The lowest BCUT2D eigenvalue weighted by Gasteiger charge is -2.13. The van der Waals surface area contributed by atoms with Crippen LogP contribution in [0, 0.1) is 13.8 Å². The molecule has 0 aliphatic rings. The van der Waals surface area contributed by atoms with Gasteiger partial charge in [-0.1, -0.05) is 12.1 Å². The van der Waals surface area contributed by atoms with Crippen molar-refractivity contribution >= 4 is 23.0 Å². The van der Waals surface area contributed by atoms with E-state index in [4.69, 9.17) is 17.0 Å². The Hall–Kier alpha value is -2.41. The predicted molar refractivity (Wildman–Crippen MR) is 103 cm³/mol. The average Bonchev–Trinajstić information content (AvgIpc) is 2.54. The molecule has 0 heterocycles.